The van der Waals surface area contributed by atoms with Crippen molar-refractivity contribution in [2.24, 2.45) is 11.8 Å². The van der Waals surface area contributed by atoms with Crippen LogP contribution in [-0.4, -0.2) is 30.1 Å². The Bertz CT molecular complexity index is 461. The van der Waals surface area contributed by atoms with Crippen molar-refractivity contribution in [1.82, 2.24) is 10.6 Å². The number of carbonyl (C=O) groups is 2. The third-order valence-electron chi connectivity index (χ3n) is 3.52. The van der Waals surface area contributed by atoms with Crippen molar-refractivity contribution in [1.29, 1.82) is 0 Å². The quantitative estimate of drug-likeness (QED) is 0.749. The molecule has 5 nitrogen and oxygen atoms in total. The number of hydrogen-bond donors (Lipinski definition) is 3. The van der Waals surface area contributed by atoms with Gasteiger partial charge in [0.1, 0.15) is 0 Å². The molecule has 2 rings (SSSR count). The molecule has 3 atom stereocenters. The second kappa shape index (κ2) is 5.84. The Balaban J connectivity index is 2.09. The number of nitrogens with one attached hydrogen (secondary N) is 2. The molecule has 0 radical (unpaired) electrons. The van der Waals surface area contributed by atoms with Crippen molar-refractivity contribution < 1.29 is 14.7 Å². The molecule has 0 spiro atoms. The van der Waals surface area contributed by atoms with E-state index in [2.05, 4.69) is 10.6 Å². The Morgan fingerprint density at radius 2 is 2.00 bits per heavy atom. The van der Waals surface area contributed by atoms with Crippen molar-refractivity contribution in [3.63, 3.8) is 0 Å². The van der Waals surface area contributed by atoms with Gasteiger partial charge in [-0.3, -0.25) is 4.79 Å². The second-order valence-corrected chi connectivity index (χ2v) is 4.93. The van der Waals surface area contributed by atoms with Gasteiger partial charge in [0, 0.05) is 6.54 Å². The highest BCUT2D eigenvalue weighted by molar-refractivity contribution is 5.86. The molecule has 0 aromatic heterocycles. The minimum atomic E-state index is -1.04. The summed E-state index contributed by atoms with van der Waals surface area (Å²) in [4.78, 5) is 23.4. The molecule has 1 aliphatic heterocycles. The second-order valence-electron chi connectivity index (χ2n) is 4.93. The molecule has 102 valence electrons. The largest absolute Gasteiger partial charge is 0.479 e. The number of carbonyl (C=O) groups excluding carboxylic acids is 1. The highest BCUT2D eigenvalue weighted by Crippen LogP contribution is 2.19. The summed E-state index contributed by atoms with van der Waals surface area (Å²) >= 11 is 0. The average Bonchev–Trinajstić information content (AvgIpc) is 2.82. The van der Waals surface area contributed by atoms with Gasteiger partial charge < -0.3 is 15.7 Å². The number of aliphatic carboxylic acids is 1. The SMILES string of the molecule is C[C@@H]1CNC[C@H]1C(=O)N[C@H](C(=O)O)c1ccccc1. The molecule has 0 aliphatic carbocycles. The summed E-state index contributed by atoms with van der Waals surface area (Å²) < 4.78 is 0. The molecule has 0 saturated carbocycles. The fourth-order valence-corrected chi connectivity index (χ4v) is 2.34. The number of hydrogen-bond acceptors (Lipinski definition) is 3. The molecule has 1 saturated heterocycles. The van der Waals surface area contributed by atoms with E-state index in [0.29, 0.717) is 12.1 Å². The van der Waals surface area contributed by atoms with Crippen molar-refractivity contribution >= 4 is 11.9 Å². The summed E-state index contributed by atoms with van der Waals surface area (Å²) in [6.07, 6.45) is 0. The molecule has 1 fully saturated rings. The first-order valence-electron chi connectivity index (χ1n) is 6.38. The van der Waals surface area contributed by atoms with Crippen molar-refractivity contribution in [2.45, 2.75) is 13.0 Å². The predicted molar refractivity (Wildman–Crippen MR) is 70.5 cm³/mol. The van der Waals surface area contributed by atoms with Crippen LogP contribution in [0.5, 0.6) is 0 Å². The van der Waals surface area contributed by atoms with Crippen molar-refractivity contribution in [3.8, 4) is 0 Å². The van der Waals surface area contributed by atoms with Crippen LogP contribution in [0.1, 0.15) is 18.5 Å². The maximum absolute atomic E-state index is 12.1. The van der Waals surface area contributed by atoms with Crippen LogP contribution in [-0.2, 0) is 9.59 Å². The van der Waals surface area contributed by atoms with Gasteiger partial charge in [0.15, 0.2) is 6.04 Å². The lowest BCUT2D eigenvalue weighted by molar-refractivity contribution is -0.142. The minimum Gasteiger partial charge on any atom is -0.479 e. The Kier molecular flexibility index (Phi) is 4.16. The Morgan fingerprint density at radius 1 is 1.32 bits per heavy atom. The van der Waals surface area contributed by atoms with Gasteiger partial charge in [-0.2, -0.15) is 0 Å². The molecule has 3 N–H and O–H groups in total. The van der Waals surface area contributed by atoms with Gasteiger partial charge in [-0.25, -0.2) is 4.79 Å². The van der Waals surface area contributed by atoms with Crippen LogP contribution < -0.4 is 10.6 Å². The Morgan fingerprint density at radius 3 is 2.53 bits per heavy atom. The van der Waals surface area contributed by atoms with Crippen LogP contribution in [0, 0.1) is 11.8 Å². The van der Waals surface area contributed by atoms with Crippen LogP contribution in [0.4, 0.5) is 0 Å². The van der Waals surface area contributed by atoms with E-state index in [1.165, 1.54) is 0 Å². The number of benzene rings is 1. The normalized spacial score (nSPS) is 23.8. The summed E-state index contributed by atoms with van der Waals surface area (Å²) in [6.45, 7) is 3.39. The lowest BCUT2D eigenvalue weighted by Gasteiger charge is -2.19. The summed E-state index contributed by atoms with van der Waals surface area (Å²) in [6, 6.07) is 7.76. The molecule has 1 amide bonds. The fourth-order valence-electron chi connectivity index (χ4n) is 2.34. The summed E-state index contributed by atoms with van der Waals surface area (Å²) in [5, 5.41) is 15.0. The standard InChI is InChI=1S/C14H18N2O3/c1-9-7-15-8-11(9)13(17)16-12(14(18)19)10-5-3-2-4-6-10/h2-6,9,11-12,15H,7-8H2,1H3,(H,16,17)(H,18,19)/t9-,11-,12+/m1/s1. The highest BCUT2D eigenvalue weighted by Gasteiger charge is 2.32. The average molecular weight is 262 g/mol. The first kappa shape index (κ1) is 13.5. The monoisotopic (exact) mass is 262 g/mol. The third kappa shape index (κ3) is 3.12. The van der Waals surface area contributed by atoms with E-state index in [0.717, 1.165) is 6.54 Å². The van der Waals surface area contributed by atoms with Crippen molar-refractivity contribution in [3.05, 3.63) is 35.9 Å². The summed E-state index contributed by atoms with van der Waals surface area (Å²) in [5.41, 5.74) is 0.585. The predicted octanol–water partition coefficient (Wildman–Crippen LogP) is 0.784. The number of carboxylic acid groups (broad SMARTS) is 1. The molecule has 0 unspecified atom stereocenters. The third-order valence-corrected chi connectivity index (χ3v) is 3.52. The highest BCUT2D eigenvalue weighted by atomic mass is 16.4. The lowest BCUT2D eigenvalue weighted by atomic mass is 9.96. The van der Waals surface area contributed by atoms with Crippen LogP contribution in [0.15, 0.2) is 30.3 Å². The lowest BCUT2D eigenvalue weighted by Crippen LogP contribution is -2.39. The van der Waals surface area contributed by atoms with E-state index < -0.39 is 12.0 Å². The molecule has 1 aromatic carbocycles. The van der Waals surface area contributed by atoms with Crippen LogP contribution >= 0.6 is 0 Å². The first-order chi connectivity index (χ1) is 9.09. The van der Waals surface area contributed by atoms with Crippen LogP contribution in [0.2, 0.25) is 0 Å². The molecule has 1 aliphatic rings. The topological polar surface area (TPSA) is 78.4 Å². The van der Waals surface area contributed by atoms with Gasteiger partial charge in [0.25, 0.3) is 0 Å². The number of amides is 1. The number of rotatable bonds is 4. The Labute approximate surface area is 112 Å². The zero-order chi connectivity index (χ0) is 13.8. The minimum absolute atomic E-state index is 0.162. The van der Waals surface area contributed by atoms with Gasteiger partial charge in [0.2, 0.25) is 5.91 Å². The maximum Gasteiger partial charge on any atom is 0.330 e. The van der Waals surface area contributed by atoms with E-state index >= 15 is 0 Å². The zero-order valence-corrected chi connectivity index (χ0v) is 10.8. The van der Waals surface area contributed by atoms with E-state index in [1.54, 1.807) is 24.3 Å². The Hall–Kier alpha value is -1.88. The number of carboxylic acids is 1. The van der Waals surface area contributed by atoms with Gasteiger partial charge in [-0.05, 0) is 18.0 Å². The van der Waals surface area contributed by atoms with Crippen LogP contribution in [0.25, 0.3) is 0 Å². The van der Waals surface area contributed by atoms with E-state index in [1.807, 2.05) is 13.0 Å². The molecule has 1 heterocycles. The zero-order valence-electron chi connectivity index (χ0n) is 10.8. The first-order valence-corrected chi connectivity index (χ1v) is 6.38. The molecular formula is C14H18N2O3. The molecule has 1 aromatic rings. The maximum atomic E-state index is 12.1. The van der Waals surface area contributed by atoms with Gasteiger partial charge in [-0.1, -0.05) is 37.3 Å². The van der Waals surface area contributed by atoms with E-state index in [9.17, 15) is 14.7 Å². The van der Waals surface area contributed by atoms with E-state index in [4.69, 9.17) is 0 Å². The molecular weight excluding hydrogens is 244 g/mol. The summed E-state index contributed by atoms with van der Waals surface area (Å²) in [5.74, 6) is -1.18. The van der Waals surface area contributed by atoms with Crippen molar-refractivity contribution in [2.75, 3.05) is 13.1 Å². The summed E-state index contributed by atoms with van der Waals surface area (Å²) in [7, 11) is 0. The fraction of sp³-hybridized carbons (Fsp3) is 0.429. The smallest absolute Gasteiger partial charge is 0.330 e. The molecule has 5 heteroatoms. The molecule has 19 heavy (non-hydrogen) atoms. The van der Waals surface area contributed by atoms with E-state index in [-0.39, 0.29) is 17.7 Å². The van der Waals surface area contributed by atoms with Gasteiger partial charge in [-0.15, -0.1) is 0 Å². The van der Waals surface area contributed by atoms with Gasteiger partial charge in [0.05, 0.1) is 5.92 Å². The molecule has 0 bridgehead atoms. The van der Waals surface area contributed by atoms with Crippen LogP contribution in [0.3, 0.4) is 0 Å². The van der Waals surface area contributed by atoms with Gasteiger partial charge >= 0.3 is 5.97 Å².